The number of hydrogen-bond donors (Lipinski definition) is 1. The van der Waals surface area contributed by atoms with Crippen LogP contribution in [0.5, 0.6) is 0 Å². The Bertz CT molecular complexity index is 297. The van der Waals surface area contributed by atoms with Gasteiger partial charge in [0.25, 0.3) is 0 Å². The van der Waals surface area contributed by atoms with Crippen molar-refractivity contribution in [2.45, 2.75) is 52.2 Å². The van der Waals surface area contributed by atoms with Gasteiger partial charge in [0.1, 0.15) is 5.60 Å². The molecule has 17 heavy (non-hydrogen) atoms. The number of carbonyl (C=O) groups excluding carboxylic acids is 1. The molecule has 5 heteroatoms. The normalized spacial score (nSPS) is 26.2. The molecule has 0 aliphatic carbocycles. The number of piperidine rings is 1. The predicted octanol–water partition coefficient (Wildman–Crippen LogP) is 2.48. The van der Waals surface area contributed by atoms with Gasteiger partial charge in [-0.05, 0) is 40.5 Å². The van der Waals surface area contributed by atoms with Crippen molar-refractivity contribution in [2.24, 2.45) is 11.1 Å². The van der Waals surface area contributed by atoms with Crippen molar-refractivity contribution in [3.63, 3.8) is 0 Å². The van der Waals surface area contributed by atoms with Gasteiger partial charge < -0.3 is 14.8 Å². The highest BCUT2D eigenvalue weighted by molar-refractivity contribution is 5.70. The van der Waals surface area contributed by atoms with Gasteiger partial charge in [-0.1, -0.05) is 0 Å². The average molecular weight is 242 g/mol. The summed E-state index contributed by atoms with van der Waals surface area (Å²) in [6.07, 6.45) is 3.03. The molecule has 0 aromatic carbocycles. The van der Waals surface area contributed by atoms with E-state index in [4.69, 9.17) is 9.94 Å². The molecule has 5 nitrogen and oxygen atoms in total. The molecule has 0 aromatic rings. The Kier molecular flexibility index (Phi) is 4.37. The number of carbonyl (C=O) groups is 1. The molecule has 1 saturated heterocycles. The van der Waals surface area contributed by atoms with Crippen LogP contribution in [-0.4, -0.2) is 40.6 Å². The number of nitrogens with zero attached hydrogens (tertiary/aromatic N) is 2. The fraction of sp³-hybridized carbons (Fsp3) is 0.833. The first-order valence-electron chi connectivity index (χ1n) is 6.00. The SMILES string of the molecule is C[C@@H]1CC[C@@H](/C=N/O)CN1C(=O)OC(C)(C)C. The summed E-state index contributed by atoms with van der Waals surface area (Å²) in [6, 6.07) is 0.174. The summed E-state index contributed by atoms with van der Waals surface area (Å²) in [5, 5.41) is 11.6. The first-order chi connectivity index (χ1) is 7.83. The quantitative estimate of drug-likeness (QED) is 0.436. The minimum Gasteiger partial charge on any atom is -0.444 e. The van der Waals surface area contributed by atoms with Gasteiger partial charge in [0.15, 0.2) is 0 Å². The molecule has 0 radical (unpaired) electrons. The maximum absolute atomic E-state index is 12.0. The minimum atomic E-state index is -0.477. The third-order valence-corrected chi connectivity index (χ3v) is 2.82. The largest absolute Gasteiger partial charge is 0.444 e. The molecule has 1 amide bonds. The first-order valence-corrected chi connectivity index (χ1v) is 6.00. The summed E-state index contributed by atoms with van der Waals surface area (Å²) < 4.78 is 5.35. The molecule has 0 spiro atoms. The molecule has 1 N–H and O–H groups in total. The summed E-state index contributed by atoms with van der Waals surface area (Å²) in [5.41, 5.74) is -0.477. The Morgan fingerprint density at radius 3 is 2.65 bits per heavy atom. The van der Waals surface area contributed by atoms with Gasteiger partial charge in [0.05, 0.1) is 0 Å². The van der Waals surface area contributed by atoms with Gasteiger partial charge in [-0.3, -0.25) is 0 Å². The van der Waals surface area contributed by atoms with E-state index in [0.29, 0.717) is 6.54 Å². The topological polar surface area (TPSA) is 62.1 Å². The Morgan fingerprint density at radius 1 is 1.47 bits per heavy atom. The van der Waals surface area contributed by atoms with Crippen LogP contribution < -0.4 is 0 Å². The average Bonchev–Trinajstić information content (AvgIpc) is 2.18. The second kappa shape index (κ2) is 5.38. The van der Waals surface area contributed by atoms with Crippen molar-refractivity contribution in [2.75, 3.05) is 6.54 Å². The Hall–Kier alpha value is -1.26. The van der Waals surface area contributed by atoms with Crippen molar-refractivity contribution in [3.8, 4) is 0 Å². The highest BCUT2D eigenvalue weighted by Crippen LogP contribution is 2.23. The molecule has 0 bridgehead atoms. The zero-order chi connectivity index (χ0) is 13.1. The van der Waals surface area contributed by atoms with Crippen LogP contribution >= 0.6 is 0 Å². The van der Waals surface area contributed by atoms with E-state index in [9.17, 15) is 4.79 Å². The van der Waals surface area contributed by atoms with Gasteiger partial charge in [0, 0.05) is 24.7 Å². The van der Waals surface area contributed by atoms with Crippen molar-refractivity contribution < 1.29 is 14.7 Å². The lowest BCUT2D eigenvalue weighted by molar-refractivity contribution is 0.00919. The van der Waals surface area contributed by atoms with E-state index < -0.39 is 5.60 Å². The second-order valence-corrected chi connectivity index (χ2v) is 5.58. The van der Waals surface area contributed by atoms with Crippen molar-refractivity contribution in [1.82, 2.24) is 4.90 Å². The molecule has 2 atom stereocenters. The second-order valence-electron chi connectivity index (χ2n) is 5.58. The van der Waals surface area contributed by atoms with Crippen LogP contribution in [0.2, 0.25) is 0 Å². The lowest BCUT2D eigenvalue weighted by atomic mass is 9.95. The molecule has 1 aliphatic rings. The van der Waals surface area contributed by atoms with Crippen LogP contribution in [0.3, 0.4) is 0 Å². The zero-order valence-corrected chi connectivity index (χ0v) is 11.0. The van der Waals surface area contributed by atoms with Crippen LogP contribution in [-0.2, 0) is 4.74 Å². The molecule has 0 saturated carbocycles. The standard InChI is InChI=1S/C12H22N2O3/c1-9-5-6-10(7-13-16)8-14(9)11(15)17-12(2,3)4/h7,9-10,16H,5-6,8H2,1-4H3/b13-7+/t9-,10+/m1/s1. The summed E-state index contributed by atoms with van der Waals surface area (Å²) in [4.78, 5) is 13.7. The molecule has 0 aromatic heterocycles. The molecular weight excluding hydrogens is 220 g/mol. The lowest BCUT2D eigenvalue weighted by Crippen LogP contribution is -2.47. The summed E-state index contributed by atoms with van der Waals surface area (Å²) >= 11 is 0. The van der Waals surface area contributed by atoms with Crippen molar-refractivity contribution in [3.05, 3.63) is 0 Å². The number of oxime groups is 1. The van der Waals surface area contributed by atoms with E-state index >= 15 is 0 Å². The molecule has 1 fully saturated rings. The maximum Gasteiger partial charge on any atom is 0.410 e. The summed E-state index contributed by atoms with van der Waals surface area (Å²) in [7, 11) is 0. The molecule has 98 valence electrons. The first kappa shape index (κ1) is 13.8. The van der Waals surface area contributed by atoms with Crippen molar-refractivity contribution >= 4 is 12.3 Å². The van der Waals surface area contributed by atoms with Gasteiger partial charge >= 0.3 is 6.09 Å². The Morgan fingerprint density at radius 2 is 2.12 bits per heavy atom. The third-order valence-electron chi connectivity index (χ3n) is 2.82. The highest BCUT2D eigenvalue weighted by Gasteiger charge is 2.31. The van der Waals surface area contributed by atoms with Crippen LogP contribution in [0.25, 0.3) is 0 Å². The Labute approximate surface area is 102 Å². The molecule has 1 aliphatic heterocycles. The van der Waals surface area contributed by atoms with Gasteiger partial charge in [-0.15, -0.1) is 5.16 Å². The fourth-order valence-corrected chi connectivity index (χ4v) is 1.93. The predicted molar refractivity (Wildman–Crippen MR) is 65.4 cm³/mol. The van der Waals surface area contributed by atoms with Crippen LogP contribution in [0.4, 0.5) is 4.79 Å². The number of ether oxygens (including phenoxy) is 1. The Balaban J connectivity index is 2.63. The maximum atomic E-state index is 12.0. The molecular formula is C12H22N2O3. The highest BCUT2D eigenvalue weighted by atomic mass is 16.6. The van der Waals surface area contributed by atoms with E-state index in [1.54, 1.807) is 4.90 Å². The third kappa shape index (κ3) is 4.24. The monoisotopic (exact) mass is 242 g/mol. The van der Waals surface area contributed by atoms with Gasteiger partial charge in [-0.2, -0.15) is 0 Å². The number of amides is 1. The lowest BCUT2D eigenvalue weighted by Gasteiger charge is -2.37. The number of hydrogen-bond acceptors (Lipinski definition) is 4. The smallest absolute Gasteiger partial charge is 0.410 e. The van der Waals surface area contributed by atoms with E-state index in [1.165, 1.54) is 6.21 Å². The summed E-state index contributed by atoms with van der Waals surface area (Å²) in [5.74, 6) is 0.115. The van der Waals surface area contributed by atoms with Gasteiger partial charge in [0.2, 0.25) is 0 Å². The van der Waals surface area contributed by atoms with Crippen LogP contribution in [0.15, 0.2) is 5.16 Å². The molecule has 0 unspecified atom stereocenters. The van der Waals surface area contributed by atoms with E-state index in [1.807, 2.05) is 27.7 Å². The molecule has 1 rings (SSSR count). The summed E-state index contributed by atoms with van der Waals surface area (Å²) in [6.45, 7) is 8.13. The van der Waals surface area contributed by atoms with E-state index in [-0.39, 0.29) is 18.1 Å². The number of rotatable bonds is 1. The zero-order valence-electron chi connectivity index (χ0n) is 11.0. The van der Waals surface area contributed by atoms with E-state index in [2.05, 4.69) is 5.16 Å². The fourth-order valence-electron chi connectivity index (χ4n) is 1.93. The van der Waals surface area contributed by atoms with Gasteiger partial charge in [-0.25, -0.2) is 4.79 Å². The minimum absolute atomic E-state index is 0.115. The van der Waals surface area contributed by atoms with Crippen LogP contribution in [0.1, 0.15) is 40.5 Å². The van der Waals surface area contributed by atoms with E-state index in [0.717, 1.165) is 12.8 Å². The van der Waals surface area contributed by atoms with Crippen molar-refractivity contribution in [1.29, 1.82) is 0 Å². The molecule has 1 heterocycles. The number of likely N-dealkylation sites (tertiary alicyclic amines) is 1. The van der Waals surface area contributed by atoms with Crippen LogP contribution in [0, 0.1) is 5.92 Å².